The van der Waals surface area contributed by atoms with Gasteiger partial charge < -0.3 is 5.11 Å². The fourth-order valence-electron chi connectivity index (χ4n) is 0.811. The van der Waals surface area contributed by atoms with Crippen LogP contribution in [0.3, 0.4) is 0 Å². The van der Waals surface area contributed by atoms with Gasteiger partial charge in [-0.2, -0.15) is 0 Å². The molecular formula is C6H12N2O5. The van der Waals surface area contributed by atoms with E-state index in [1.165, 1.54) is 6.92 Å². The van der Waals surface area contributed by atoms with Crippen LogP contribution >= 0.6 is 0 Å². The largest absolute Gasteiger partial charge is 0.386 e. The summed E-state index contributed by atoms with van der Waals surface area (Å²) in [6.07, 6.45) is -0.856. The monoisotopic (exact) mass is 192 g/mol. The normalized spacial score (nSPS) is 14.9. The van der Waals surface area contributed by atoms with E-state index in [1.54, 1.807) is 0 Å². The van der Waals surface area contributed by atoms with Gasteiger partial charge in [-0.1, -0.05) is 0 Å². The third-order valence-corrected chi connectivity index (χ3v) is 1.73. The number of nitrogens with zero attached hydrogens (tertiary/aromatic N) is 2. The molecule has 0 radical (unpaired) electrons. The van der Waals surface area contributed by atoms with Crippen LogP contribution < -0.4 is 0 Å². The van der Waals surface area contributed by atoms with Gasteiger partial charge >= 0.3 is 0 Å². The maximum absolute atomic E-state index is 10.1. The van der Waals surface area contributed by atoms with Gasteiger partial charge in [0.2, 0.25) is 12.6 Å². The van der Waals surface area contributed by atoms with Gasteiger partial charge in [0.25, 0.3) is 0 Å². The summed E-state index contributed by atoms with van der Waals surface area (Å²) in [7, 11) is 0. The zero-order chi connectivity index (χ0) is 10.4. The summed E-state index contributed by atoms with van der Waals surface area (Å²) in [6.45, 7) is 1.01. The molecule has 0 aliphatic rings. The molecule has 7 heteroatoms. The van der Waals surface area contributed by atoms with Crippen molar-refractivity contribution in [2.75, 3.05) is 6.54 Å². The van der Waals surface area contributed by atoms with Gasteiger partial charge in [-0.15, -0.1) is 0 Å². The standard InChI is InChI=1S/C6H12N2O5/c1-5(8(12)13)6(9)3-2-4-7(10)11/h5-6,9H,2-4H2,1H3. The third kappa shape index (κ3) is 5.07. The van der Waals surface area contributed by atoms with Crippen molar-refractivity contribution in [3.8, 4) is 0 Å². The Morgan fingerprint density at radius 3 is 2.31 bits per heavy atom. The highest BCUT2D eigenvalue weighted by Gasteiger charge is 2.23. The van der Waals surface area contributed by atoms with Gasteiger partial charge in [0.1, 0.15) is 6.10 Å². The molecule has 0 saturated carbocycles. The Kier molecular flexibility index (Phi) is 4.90. The second-order valence-electron chi connectivity index (χ2n) is 2.79. The molecule has 0 aromatic rings. The lowest BCUT2D eigenvalue weighted by atomic mass is 10.1. The Labute approximate surface area is 74.7 Å². The van der Waals surface area contributed by atoms with E-state index in [0.29, 0.717) is 0 Å². The molecule has 0 aromatic heterocycles. The summed E-state index contributed by atoms with van der Waals surface area (Å²) in [5, 5.41) is 29.2. The minimum absolute atomic E-state index is 0.0864. The van der Waals surface area contributed by atoms with Crippen molar-refractivity contribution in [2.45, 2.75) is 31.9 Å². The first-order valence-corrected chi connectivity index (χ1v) is 3.88. The highest BCUT2D eigenvalue weighted by Crippen LogP contribution is 2.04. The molecular weight excluding hydrogens is 180 g/mol. The summed E-state index contributed by atoms with van der Waals surface area (Å²) in [5.41, 5.74) is 0. The molecule has 0 heterocycles. The van der Waals surface area contributed by atoms with Gasteiger partial charge in [-0.05, 0) is 6.42 Å². The van der Waals surface area contributed by atoms with Crippen LogP contribution in [-0.2, 0) is 0 Å². The van der Waals surface area contributed by atoms with Gasteiger partial charge in [0, 0.05) is 23.2 Å². The lowest BCUT2D eigenvalue weighted by molar-refractivity contribution is -0.530. The van der Waals surface area contributed by atoms with Crippen LogP contribution in [0.15, 0.2) is 0 Å². The van der Waals surface area contributed by atoms with Crippen molar-refractivity contribution in [1.29, 1.82) is 0 Å². The van der Waals surface area contributed by atoms with Gasteiger partial charge in [0.05, 0.1) is 0 Å². The predicted molar refractivity (Wildman–Crippen MR) is 43.6 cm³/mol. The second-order valence-corrected chi connectivity index (χ2v) is 2.79. The molecule has 0 aromatic carbocycles. The summed E-state index contributed by atoms with van der Waals surface area (Å²) in [4.78, 5) is 18.9. The number of nitro groups is 2. The van der Waals surface area contributed by atoms with Crippen LogP contribution in [0.5, 0.6) is 0 Å². The molecule has 76 valence electrons. The molecule has 2 atom stereocenters. The molecule has 0 amide bonds. The maximum atomic E-state index is 10.1. The van der Waals surface area contributed by atoms with E-state index in [4.69, 9.17) is 5.11 Å². The average Bonchev–Trinajstić information content (AvgIpc) is 2.02. The molecule has 0 saturated heterocycles. The smallest absolute Gasteiger partial charge is 0.235 e. The number of hydrogen-bond acceptors (Lipinski definition) is 5. The maximum Gasteiger partial charge on any atom is 0.235 e. The molecule has 0 aliphatic heterocycles. The number of aliphatic hydroxyl groups excluding tert-OH is 1. The fourth-order valence-corrected chi connectivity index (χ4v) is 0.811. The summed E-state index contributed by atoms with van der Waals surface area (Å²) < 4.78 is 0. The lowest BCUT2D eigenvalue weighted by Crippen LogP contribution is -2.30. The van der Waals surface area contributed by atoms with Gasteiger partial charge in [-0.25, -0.2) is 0 Å². The van der Waals surface area contributed by atoms with E-state index >= 15 is 0 Å². The van der Waals surface area contributed by atoms with E-state index in [9.17, 15) is 20.2 Å². The van der Waals surface area contributed by atoms with E-state index in [0.717, 1.165) is 0 Å². The predicted octanol–water partition coefficient (Wildman–Crippen LogP) is 0.0694. The summed E-state index contributed by atoms with van der Waals surface area (Å²) >= 11 is 0. The number of rotatable bonds is 6. The molecule has 0 rings (SSSR count). The van der Waals surface area contributed by atoms with Crippen LogP contribution in [0.2, 0.25) is 0 Å². The van der Waals surface area contributed by atoms with Crippen LogP contribution in [0.1, 0.15) is 19.8 Å². The molecule has 2 unspecified atom stereocenters. The Balaban J connectivity index is 3.67. The van der Waals surface area contributed by atoms with Crippen molar-refractivity contribution in [1.82, 2.24) is 0 Å². The van der Waals surface area contributed by atoms with Crippen molar-refractivity contribution in [3.63, 3.8) is 0 Å². The van der Waals surface area contributed by atoms with Gasteiger partial charge in [-0.3, -0.25) is 20.2 Å². The Hall–Kier alpha value is -1.24. The molecule has 0 fully saturated rings. The van der Waals surface area contributed by atoms with E-state index in [2.05, 4.69) is 0 Å². The fraction of sp³-hybridized carbons (Fsp3) is 1.00. The summed E-state index contributed by atoms with van der Waals surface area (Å²) in [5.74, 6) is 0. The molecule has 0 bridgehead atoms. The second kappa shape index (κ2) is 5.41. The molecule has 0 aliphatic carbocycles. The molecule has 7 nitrogen and oxygen atoms in total. The van der Waals surface area contributed by atoms with Crippen molar-refractivity contribution in [3.05, 3.63) is 20.2 Å². The van der Waals surface area contributed by atoms with Crippen LogP contribution in [-0.4, -0.2) is 33.6 Å². The Morgan fingerprint density at radius 1 is 1.38 bits per heavy atom. The SMILES string of the molecule is CC(C(O)CCC[N+](=O)[O-])[N+](=O)[O-]. The van der Waals surface area contributed by atoms with Crippen LogP contribution in [0, 0.1) is 20.2 Å². The number of aliphatic hydroxyl groups is 1. The van der Waals surface area contributed by atoms with Crippen molar-refractivity contribution < 1.29 is 15.0 Å². The summed E-state index contributed by atoms with van der Waals surface area (Å²) in [6, 6.07) is -1.06. The topological polar surface area (TPSA) is 107 Å². The zero-order valence-electron chi connectivity index (χ0n) is 7.25. The highest BCUT2D eigenvalue weighted by molar-refractivity contribution is 4.62. The first kappa shape index (κ1) is 11.8. The zero-order valence-corrected chi connectivity index (χ0v) is 7.25. The van der Waals surface area contributed by atoms with E-state index < -0.39 is 22.0 Å². The van der Waals surface area contributed by atoms with Gasteiger partial charge in [0.15, 0.2) is 0 Å². The van der Waals surface area contributed by atoms with Crippen molar-refractivity contribution in [2.24, 2.45) is 0 Å². The number of hydrogen-bond donors (Lipinski definition) is 1. The van der Waals surface area contributed by atoms with Crippen LogP contribution in [0.25, 0.3) is 0 Å². The molecule has 0 spiro atoms. The molecule has 1 N–H and O–H groups in total. The highest BCUT2D eigenvalue weighted by atomic mass is 16.6. The minimum Gasteiger partial charge on any atom is -0.386 e. The lowest BCUT2D eigenvalue weighted by Gasteiger charge is -2.10. The first-order valence-electron chi connectivity index (χ1n) is 3.88. The van der Waals surface area contributed by atoms with Crippen molar-refractivity contribution >= 4 is 0 Å². The Morgan fingerprint density at radius 2 is 1.92 bits per heavy atom. The van der Waals surface area contributed by atoms with Crippen LogP contribution in [0.4, 0.5) is 0 Å². The molecule has 13 heavy (non-hydrogen) atoms. The Bertz CT molecular complexity index is 195. The average molecular weight is 192 g/mol. The quantitative estimate of drug-likeness (QED) is 0.473. The first-order chi connectivity index (χ1) is 5.95. The third-order valence-electron chi connectivity index (χ3n) is 1.73. The van der Waals surface area contributed by atoms with E-state index in [1.807, 2.05) is 0 Å². The minimum atomic E-state index is -1.10. The van der Waals surface area contributed by atoms with E-state index in [-0.39, 0.29) is 19.4 Å².